The number of carbonyl (C=O) groups is 2. The Morgan fingerprint density at radius 1 is 0.750 bits per heavy atom. The minimum Gasteiger partial charge on any atom is -0.481 e. The van der Waals surface area contributed by atoms with Crippen LogP contribution in [0.1, 0.15) is 76.7 Å². The molecular weight excluding hydrogens is 897 g/mol. The zero-order chi connectivity index (χ0) is 46.5. The van der Waals surface area contributed by atoms with Gasteiger partial charge in [0.25, 0.3) is 0 Å². The maximum Gasteiger partial charge on any atom is 0.425 e. The van der Waals surface area contributed by atoms with E-state index in [-0.39, 0.29) is 103 Å². The number of nitrogens with zero attached hydrogens (tertiary/aromatic N) is 4. The second-order valence-corrected chi connectivity index (χ2v) is 22.1. The fourth-order valence-electron chi connectivity index (χ4n) is 10.4. The highest BCUT2D eigenvalue weighted by atomic mass is 32.2. The van der Waals surface area contributed by atoms with Crippen LogP contribution < -0.4 is 19.3 Å². The van der Waals surface area contributed by atoms with Crippen molar-refractivity contribution in [2.45, 2.75) is 119 Å². The lowest BCUT2D eigenvalue weighted by molar-refractivity contribution is -0.189. The van der Waals surface area contributed by atoms with Gasteiger partial charge in [0.05, 0.1) is 10.8 Å². The summed E-state index contributed by atoms with van der Waals surface area (Å²) in [6, 6.07) is 10.0. The largest absolute Gasteiger partial charge is 0.481 e. The average Bonchev–Trinajstić information content (AvgIpc) is 3.81. The Bertz CT molecular complexity index is 2430. The SMILES string of the molecule is Cc1noc(C)c1S(=O)(=O)N1CCC2(CC1)CC(S(=O)(=O)C1(N3CCC4(CCNC4=O)CC3)CC1)[N+](c1ccc(OC(C)C(F)(F)F)cc1)(c1ccc(OC(C)C(F)(F)F)cc1)C2=O. The molecule has 8 rings (SSSR count). The van der Waals surface area contributed by atoms with Crippen LogP contribution in [0.25, 0.3) is 0 Å². The maximum atomic E-state index is 16.0. The number of benzene rings is 2. The number of amides is 2. The summed E-state index contributed by atoms with van der Waals surface area (Å²) in [6.07, 6.45) is -12.6. The van der Waals surface area contributed by atoms with Gasteiger partial charge in [-0.25, -0.2) is 21.6 Å². The van der Waals surface area contributed by atoms with Crippen LogP contribution in [0.4, 0.5) is 37.7 Å². The first-order valence-electron chi connectivity index (χ1n) is 21.2. The number of quaternary nitrogens is 1. The molecule has 2 amide bonds. The number of rotatable bonds is 11. The van der Waals surface area contributed by atoms with Gasteiger partial charge in [0.1, 0.15) is 38.3 Å². The number of halogens is 6. The molecule has 64 heavy (non-hydrogen) atoms. The number of alkyl halides is 6. The van der Waals surface area contributed by atoms with E-state index in [0.717, 1.165) is 13.8 Å². The van der Waals surface area contributed by atoms with E-state index in [1.807, 2.05) is 4.90 Å². The first-order chi connectivity index (χ1) is 29.8. The van der Waals surface area contributed by atoms with Gasteiger partial charge in [-0.2, -0.15) is 35.1 Å². The van der Waals surface area contributed by atoms with Crippen molar-refractivity contribution in [1.82, 2.24) is 24.2 Å². The van der Waals surface area contributed by atoms with Crippen LogP contribution in [0.15, 0.2) is 57.9 Å². The number of sulfone groups is 1. The normalized spacial score (nSPS) is 25.9. The standard InChI is InChI=1S/C42H49F6N5O9S2/c1-26-35(27(2)62-50-26)64(58,59)52-23-18-39(19-24-52)25-34(63(56,57)40(13-14-40)51-21-16-38(17-22-51)15-20-49-36(38)54)53(37(39)55,30-5-9-32(10-6-30)60-28(3)41(43,44)45)31-7-11-33(12-8-31)61-29(4)42(46,47)48/h5-12,28-29,34H,13-25H2,1-4H3/p+1. The molecule has 5 aliphatic rings. The Hall–Kier alpha value is -4.25. The van der Waals surface area contributed by atoms with Crippen LogP contribution in [-0.2, 0) is 29.4 Å². The molecule has 5 heterocycles. The molecule has 2 spiro atoms. The molecule has 0 radical (unpaired) electrons. The van der Waals surface area contributed by atoms with E-state index < -0.39 is 75.9 Å². The number of piperidine rings is 2. The number of nitrogens with one attached hydrogen (secondary N) is 1. The predicted molar refractivity (Wildman–Crippen MR) is 218 cm³/mol. The van der Waals surface area contributed by atoms with Crippen LogP contribution in [0.5, 0.6) is 11.5 Å². The highest BCUT2D eigenvalue weighted by Crippen LogP contribution is 2.61. The second kappa shape index (κ2) is 15.7. The molecule has 1 saturated carbocycles. The van der Waals surface area contributed by atoms with Gasteiger partial charge in [0.2, 0.25) is 31.1 Å². The summed E-state index contributed by atoms with van der Waals surface area (Å²) in [7, 11) is -8.70. The maximum absolute atomic E-state index is 16.0. The first kappa shape index (κ1) is 46.3. The summed E-state index contributed by atoms with van der Waals surface area (Å²) in [6.45, 7) is 5.25. The lowest BCUT2D eigenvalue weighted by Crippen LogP contribution is -2.61. The Balaban J connectivity index is 1.25. The van der Waals surface area contributed by atoms with Crippen molar-refractivity contribution < 1.29 is 66.8 Å². The van der Waals surface area contributed by atoms with Gasteiger partial charge in [0, 0.05) is 63.4 Å². The van der Waals surface area contributed by atoms with Crippen LogP contribution in [0.2, 0.25) is 0 Å². The summed E-state index contributed by atoms with van der Waals surface area (Å²) >= 11 is 0. The summed E-state index contributed by atoms with van der Waals surface area (Å²) in [5.74, 6) is -1.10. The minimum atomic E-state index is -4.72. The molecule has 22 heteroatoms. The van der Waals surface area contributed by atoms with Gasteiger partial charge >= 0.3 is 18.3 Å². The summed E-state index contributed by atoms with van der Waals surface area (Å²) in [4.78, 5) is 29.2. The molecule has 4 saturated heterocycles. The lowest BCUT2D eigenvalue weighted by Gasteiger charge is -2.44. The van der Waals surface area contributed by atoms with Crippen molar-refractivity contribution in [2.75, 3.05) is 32.7 Å². The van der Waals surface area contributed by atoms with Gasteiger partial charge < -0.3 is 19.3 Å². The smallest absolute Gasteiger partial charge is 0.425 e. The topological polar surface area (TPSA) is 165 Å². The number of likely N-dealkylation sites (tertiary alicyclic amines) is 1. The van der Waals surface area contributed by atoms with Crippen molar-refractivity contribution in [1.29, 1.82) is 0 Å². The Labute approximate surface area is 366 Å². The molecule has 0 bridgehead atoms. The molecule has 5 fully saturated rings. The van der Waals surface area contributed by atoms with E-state index in [4.69, 9.17) is 14.0 Å². The third kappa shape index (κ3) is 7.38. The highest BCUT2D eigenvalue weighted by molar-refractivity contribution is 7.93. The monoisotopic (exact) mass is 946 g/mol. The Morgan fingerprint density at radius 2 is 1.23 bits per heavy atom. The number of aromatic nitrogens is 1. The van der Waals surface area contributed by atoms with E-state index >= 15 is 13.2 Å². The van der Waals surface area contributed by atoms with Gasteiger partial charge in [-0.1, -0.05) is 5.16 Å². The van der Waals surface area contributed by atoms with Gasteiger partial charge in [-0.15, -0.1) is 0 Å². The van der Waals surface area contributed by atoms with E-state index in [9.17, 15) is 39.6 Å². The quantitative estimate of drug-likeness (QED) is 0.158. The van der Waals surface area contributed by atoms with Crippen LogP contribution in [-0.4, -0.2) is 111 Å². The third-order valence-electron chi connectivity index (χ3n) is 14.3. The molecule has 3 aromatic rings. The number of aryl methyl sites for hydroxylation is 2. The molecular formula is C42H50F6N5O9S2+. The summed E-state index contributed by atoms with van der Waals surface area (Å²) in [5.41, 5.74) is -1.92. The molecule has 1 aliphatic carbocycles. The number of carbonyl (C=O) groups excluding carboxylic acids is 2. The fraction of sp³-hybridized carbons (Fsp3) is 0.595. The van der Waals surface area contributed by atoms with Crippen LogP contribution in [0.3, 0.4) is 0 Å². The minimum absolute atomic E-state index is 0.0292. The van der Waals surface area contributed by atoms with Crippen molar-refractivity contribution in [2.24, 2.45) is 10.8 Å². The molecule has 4 aliphatic heterocycles. The average molecular weight is 947 g/mol. The summed E-state index contributed by atoms with van der Waals surface area (Å²) < 4.78 is 157. The van der Waals surface area contributed by atoms with Gasteiger partial charge in [-0.3, -0.25) is 9.69 Å². The molecule has 1 aromatic heterocycles. The number of hydrogen-bond donors (Lipinski definition) is 1. The fourth-order valence-corrected chi connectivity index (χ4v) is 15.1. The van der Waals surface area contributed by atoms with E-state index in [0.29, 0.717) is 25.8 Å². The third-order valence-corrected chi connectivity index (χ3v) is 19.4. The van der Waals surface area contributed by atoms with Gasteiger partial charge in [0.15, 0.2) is 18.0 Å². The number of hydrogen-bond acceptors (Lipinski definition) is 11. The predicted octanol–water partition coefficient (Wildman–Crippen LogP) is 6.82. The van der Waals surface area contributed by atoms with Crippen molar-refractivity contribution in [3.05, 3.63) is 60.0 Å². The zero-order valence-corrected chi connectivity index (χ0v) is 37.2. The number of sulfonamides is 1. The van der Waals surface area contributed by atoms with Crippen molar-refractivity contribution in [3.63, 3.8) is 0 Å². The van der Waals surface area contributed by atoms with E-state index in [1.54, 1.807) is 0 Å². The lowest BCUT2D eigenvalue weighted by atomic mass is 9.77. The van der Waals surface area contributed by atoms with Crippen molar-refractivity contribution in [3.8, 4) is 11.5 Å². The van der Waals surface area contributed by atoms with E-state index in [1.165, 1.54) is 66.7 Å². The summed E-state index contributed by atoms with van der Waals surface area (Å²) in [5, 5.41) is 5.06. The van der Waals surface area contributed by atoms with Crippen LogP contribution in [0, 0.1) is 24.7 Å². The zero-order valence-electron chi connectivity index (χ0n) is 35.6. The molecule has 3 unspecified atom stereocenters. The van der Waals surface area contributed by atoms with Crippen molar-refractivity contribution >= 4 is 43.0 Å². The first-order valence-corrected chi connectivity index (χ1v) is 24.1. The highest BCUT2D eigenvalue weighted by Gasteiger charge is 2.75. The number of ether oxygens (including phenoxy) is 2. The van der Waals surface area contributed by atoms with Crippen LogP contribution >= 0.6 is 0 Å². The second-order valence-electron chi connectivity index (χ2n) is 17.9. The Morgan fingerprint density at radius 3 is 1.64 bits per heavy atom. The molecule has 350 valence electrons. The van der Waals surface area contributed by atoms with Gasteiger partial charge in [-0.05, 0) is 96.9 Å². The van der Waals surface area contributed by atoms with E-state index in [2.05, 4.69) is 10.5 Å². The Kier molecular flexibility index (Phi) is 11.3. The molecule has 14 nitrogen and oxygen atoms in total. The molecule has 2 aromatic carbocycles. The molecule has 1 N–H and O–H groups in total. The molecule has 3 atom stereocenters.